The summed E-state index contributed by atoms with van der Waals surface area (Å²) in [4.78, 5) is 134. The van der Waals surface area contributed by atoms with Gasteiger partial charge in [0, 0.05) is 61.3 Å². The first-order valence-electron chi connectivity index (χ1n) is 29.6. The molecule has 20 nitrogen and oxygen atoms in total. The first kappa shape index (κ1) is 55.5. The summed E-state index contributed by atoms with van der Waals surface area (Å²) in [6.07, 6.45) is 18.9. The Bertz CT molecular complexity index is 2210. The van der Waals surface area contributed by atoms with Crippen LogP contribution in [-0.4, -0.2) is 113 Å². The average molecular weight is 1060 g/mol. The second-order valence-electron chi connectivity index (χ2n) is 24.5. The van der Waals surface area contributed by atoms with Crippen LogP contribution in [0.3, 0.4) is 0 Å². The van der Waals surface area contributed by atoms with Crippen LogP contribution in [0.1, 0.15) is 180 Å². The number of nitrogens with two attached hydrogens (primary N) is 1. The van der Waals surface area contributed by atoms with E-state index in [0.717, 1.165) is 64.2 Å². The number of hydrogen-bond acceptors (Lipinski definition) is 10. The van der Waals surface area contributed by atoms with Gasteiger partial charge in [-0.2, -0.15) is 0 Å². The normalized spacial score (nSPS) is 37.8. The van der Waals surface area contributed by atoms with E-state index in [1.165, 1.54) is 6.92 Å². The molecule has 0 spiro atoms. The summed E-state index contributed by atoms with van der Waals surface area (Å²) in [5, 5.41) is 28.2. The van der Waals surface area contributed by atoms with Crippen molar-refractivity contribution < 1.29 is 47.9 Å². The van der Waals surface area contributed by atoms with E-state index in [2.05, 4.69) is 47.9 Å². The predicted molar refractivity (Wildman–Crippen MR) is 278 cm³/mol. The number of primary amides is 1. The van der Waals surface area contributed by atoms with Crippen molar-refractivity contribution >= 4 is 59.1 Å². The van der Waals surface area contributed by atoms with Gasteiger partial charge in [0.1, 0.15) is 0 Å². The minimum atomic E-state index is -0.464. The number of amides is 10. The Morgan fingerprint density at radius 2 is 0.382 bits per heavy atom. The molecule has 76 heavy (non-hydrogen) atoms. The number of rotatable bonds is 18. The maximum absolute atomic E-state index is 14.0. The third-order valence-corrected chi connectivity index (χ3v) is 19.7. The Morgan fingerprint density at radius 3 is 0.539 bits per heavy atom. The molecule has 11 N–H and O–H groups in total. The molecule has 9 aliphatic carbocycles. The lowest BCUT2D eigenvalue weighted by atomic mass is 9.95. The monoisotopic (exact) mass is 1060 g/mol. The molecule has 0 aliphatic heterocycles. The lowest BCUT2D eigenvalue weighted by Crippen LogP contribution is -2.54. The van der Waals surface area contributed by atoms with Gasteiger partial charge in [-0.05, 0) is 116 Å². The Kier molecular flexibility index (Phi) is 18.2. The van der Waals surface area contributed by atoms with Gasteiger partial charge in [-0.1, -0.05) is 57.8 Å². The number of carbonyl (C=O) groups is 10. The van der Waals surface area contributed by atoms with Gasteiger partial charge >= 0.3 is 0 Å². The molecule has 420 valence electrons. The summed E-state index contributed by atoms with van der Waals surface area (Å²) >= 11 is 0. The molecule has 0 radical (unpaired) electrons. The van der Waals surface area contributed by atoms with Crippen molar-refractivity contribution in [3.8, 4) is 0 Å². The molecule has 0 aromatic rings. The molecule has 9 aliphatic rings. The van der Waals surface area contributed by atoms with Gasteiger partial charge in [0.05, 0.1) is 53.3 Å². The number of nitrogens with one attached hydrogen (secondary N) is 9. The van der Waals surface area contributed by atoms with Crippen molar-refractivity contribution in [3.05, 3.63) is 0 Å². The highest BCUT2D eigenvalue weighted by molar-refractivity contribution is 5.89. The van der Waals surface area contributed by atoms with Crippen LogP contribution in [0.5, 0.6) is 0 Å². The van der Waals surface area contributed by atoms with Gasteiger partial charge in [-0.25, -0.2) is 0 Å². The summed E-state index contributed by atoms with van der Waals surface area (Å²) in [7, 11) is 0. The molecule has 0 unspecified atom stereocenters. The molecule has 9 fully saturated rings. The van der Waals surface area contributed by atoms with Gasteiger partial charge in [0.15, 0.2) is 0 Å². The largest absolute Gasteiger partial charge is 0.369 e. The smallest absolute Gasteiger partial charge is 0.225 e. The molecule has 0 bridgehead atoms. The number of hydrogen-bond donors (Lipinski definition) is 10. The van der Waals surface area contributed by atoms with Crippen LogP contribution >= 0.6 is 0 Å². The van der Waals surface area contributed by atoms with Gasteiger partial charge < -0.3 is 53.6 Å². The fourth-order valence-electron chi connectivity index (χ4n) is 15.6. The fourth-order valence-corrected chi connectivity index (χ4v) is 15.6. The molecule has 10 amide bonds. The van der Waals surface area contributed by atoms with E-state index in [0.29, 0.717) is 109 Å². The van der Waals surface area contributed by atoms with E-state index in [1.807, 2.05) is 0 Å². The minimum Gasteiger partial charge on any atom is -0.369 e. The topological polar surface area (TPSA) is 305 Å². The first-order valence-corrected chi connectivity index (χ1v) is 29.6. The Morgan fingerprint density at radius 1 is 0.237 bits per heavy atom. The highest BCUT2D eigenvalue weighted by atomic mass is 16.2. The van der Waals surface area contributed by atoms with E-state index in [9.17, 15) is 47.9 Å². The predicted octanol–water partition coefficient (Wildman–Crippen LogP) is 2.06. The van der Waals surface area contributed by atoms with Crippen molar-refractivity contribution in [2.75, 3.05) is 0 Å². The highest BCUT2D eigenvalue weighted by Crippen LogP contribution is 2.37. The molecular weight excluding hydrogens is 973 g/mol. The van der Waals surface area contributed by atoms with E-state index in [1.54, 1.807) is 0 Å². The SMILES string of the molecule is CC(=O)N[C@@H]1CCC[C@H]1C(=O)N[C@@H]1CCC[C@H]1C(=O)N[C@@H]1CCC[C@H]1C(=O)N[C@@H]1CCC[C@H]1C(=O)N[C@@H]1CCC[C@H]1C(=O)N[C@@H]1CCC[C@H]1C(=O)N[C@@H]1CCC[C@H]1C(=O)N[C@@H]1CCC[C@H]1C(=O)N[C@@H]1CCC[C@H]1C(N)=O. The summed E-state index contributed by atoms with van der Waals surface area (Å²) in [5.74, 6) is -5.62. The fraction of sp³-hybridized carbons (Fsp3) is 0.821. The van der Waals surface area contributed by atoms with Gasteiger partial charge in [-0.3, -0.25) is 47.9 Å². The zero-order valence-corrected chi connectivity index (χ0v) is 44.6. The Balaban J connectivity index is 0.720. The van der Waals surface area contributed by atoms with E-state index < -0.39 is 47.3 Å². The summed E-state index contributed by atoms with van der Waals surface area (Å²) in [6.45, 7) is 1.46. The van der Waals surface area contributed by atoms with Gasteiger partial charge in [0.25, 0.3) is 0 Å². The Hall–Kier alpha value is -5.30. The van der Waals surface area contributed by atoms with Crippen LogP contribution in [0.2, 0.25) is 0 Å². The van der Waals surface area contributed by atoms with E-state index in [4.69, 9.17) is 5.73 Å². The lowest BCUT2D eigenvalue weighted by Gasteiger charge is -2.29. The quantitative estimate of drug-likeness (QED) is 0.0953. The average Bonchev–Trinajstić information content (AvgIpc) is 4.22. The lowest BCUT2D eigenvalue weighted by molar-refractivity contribution is -0.132. The maximum Gasteiger partial charge on any atom is 0.225 e. The third kappa shape index (κ3) is 12.8. The summed E-state index contributed by atoms with van der Waals surface area (Å²) < 4.78 is 0. The molecule has 0 saturated heterocycles. The van der Waals surface area contributed by atoms with Crippen molar-refractivity contribution in [3.63, 3.8) is 0 Å². The molecule has 9 rings (SSSR count). The number of carbonyl (C=O) groups excluding carboxylic acids is 10. The van der Waals surface area contributed by atoms with Crippen molar-refractivity contribution in [2.24, 2.45) is 59.0 Å². The van der Waals surface area contributed by atoms with Crippen molar-refractivity contribution in [1.29, 1.82) is 0 Å². The molecular formula is C56H86N10O10. The molecule has 0 aromatic carbocycles. The van der Waals surface area contributed by atoms with E-state index >= 15 is 0 Å². The summed E-state index contributed by atoms with van der Waals surface area (Å²) in [5.41, 5.74) is 5.60. The van der Waals surface area contributed by atoms with Crippen LogP contribution in [0, 0.1) is 53.3 Å². The van der Waals surface area contributed by atoms with Crippen LogP contribution in [0.15, 0.2) is 0 Å². The molecule has 0 heterocycles. The molecule has 9 saturated carbocycles. The van der Waals surface area contributed by atoms with Crippen molar-refractivity contribution in [1.82, 2.24) is 47.9 Å². The zero-order valence-electron chi connectivity index (χ0n) is 44.6. The maximum atomic E-state index is 14.0. The second-order valence-corrected chi connectivity index (χ2v) is 24.5. The van der Waals surface area contributed by atoms with Crippen LogP contribution < -0.4 is 53.6 Å². The van der Waals surface area contributed by atoms with Gasteiger partial charge in [0.2, 0.25) is 59.1 Å². The molecule has 18 atom stereocenters. The van der Waals surface area contributed by atoms with Crippen LogP contribution in [0.25, 0.3) is 0 Å². The van der Waals surface area contributed by atoms with E-state index in [-0.39, 0.29) is 119 Å². The van der Waals surface area contributed by atoms with Gasteiger partial charge in [-0.15, -0.1) is 0 Å². The molecule has 20 heteroatoms. The van der Waals surface area contributed by atoms with Crippen LogP contribution in [0.4, 0.5) is 0 Å². The molecule has 0 aromatic heterocycles. The Labute approximate surface area is 447 Å². The zero-order chi connectivity index (χ0) is 53.6. The van der Waals surface area contributed by atoms with Crippen molar-refractivity contribution in [2.45, 2.75) is 235 Å². The second kappa shape index (κ2) is 25.0. The first-order chi connectivity index (χ1) is 36.6. The highest BCUT2D eigenvalue weighted by Gasteiger charge is 2.47. The summed E-state index contributed by atoms with van der Waals surface area (Å²) in [6, 6.07) is -2.97. The minimum absolute atomic E-state index is 0.123. The van der Waals surface area contributed by atoms with Crippen LogP contribution in [-0.2, 0) is 47.9 Å². The third-order valence-electron chi connectivity index (χ3n) is 19.7. The standard InChI is InChI=1S/C56H86N10O10/c1-29(67)58-40-21-3-12-31(40)49(69)60-42-23-5-14-33(42)51(71)62-44-25-7-16-35(44)53(73)64-46-27-9-18-37(46)55(75)66-47-28-10-19-38(47)56(76)65-45-26-8-17-36(45)54(74)63-43-24-6-15-34(43)52(72)61-41-22-4-13-32(41)50(70)59-39-20-2-11-30(39)48(57)68/h30-47H,2-28H2,1H3,(H2,57,68)(H,58,67)(H,59,70)(H,60,69)(H,61,72)(H,62,71)(H,63,74)(H,64,73)(H,65,76)(H,66,75)/t30-,31-,32-,33-,34-,35-,36-,37-,38-,39-,40-,41-,42-,43-,44-,45-,46-,47-/m1/s1.